The van der Waals surface area contributed by atoms with E-state index in [0.717, 1.165) is 5.56 Å². The zero-order chi connectivity index (χ0) is 20.8. The van der Waals surface area contributed by atoms with Crippen LogP contribution in [0.5, 0.6) is 5.75 Å². The normalized spacial score (nSPS) is 10.9. The fraction of sp³-hybridized carbons (Fsp3) is 0.150. The van der Waals surface area contributed by atoms with Crippen molar-refractivity contribution >= 4 is 45.5 Å². The van der Waals surface area contributed by atoms with Crippen molar-refractivity contribution in [3.63, 3.8) is 0 Å². The first-order chi connectivity index (χ1) is 13.2. The largest absolute Gasteiger partial charge is 0.486 e. The Balaban J connectivity index is 2.20. The second kappa shape index (κ2) is 9.40. The zero-order valence-electron chi connectivity index (χ0n) is 15.1. The number of ether oxygens (including phenoxy) is 1. The average Bonchev–Trinajstić information content (AvgIpc) is 2.65. The monoisotopic (exact) mass is 462 g/mol. The number of nitrogens with zero attached hydrogens (tertiary/aromatic N) is 2. The molecule has 0 atom stereocenters. The summed E-state index contributed by atoms with van der Waals surface area (Å²) in [6.45, 7) is 0.190. The van der Waals surface area contributed by atoms with Crippen LogP contribution in [0.4, 0.5) is 0 Å². The fourth-order valence-electron chi connectivity index (χ4n) is 2.25. The van der Waals surface area contributed by atoms with E-state index in [1.54, 1.807) is 38.4 Å². The number of aromatic carboxylic acids is 1. The van der Waals surface area contributed by atoms with Crippen molar-refractivity contribution < 1.29 is 19.4 Å². The van der Waals surface area contributed by atoms with Gasteiger partial charge in [-0.15, -0.1) is 0 Å². The van der Waals surface area contributed by atoms with Gasteiger partial charge in [-0.1, -0.05) is 23.7 Å². The Morgan fingerprint density at radius 1 is 1.29 bits per heavy atom. The standard InChI is InChI=1S/C20H16BrClN2O4/c1-24(2)19(25)15(10-23)7-13-8-16(21)18(17(22)9-13)28-11-12-3-5-14(6-4-12)20(26)27/h3-9H,11H2,1-2H3,(H,26,27)/b15-7-. The maximum Gasteiger partial charge on any atom is 0.335 e. The summed E-state index contributed by atoms with van der Waals surface area (Å²) in [7, 11) is 3.13. The van der Waals surface area contributed by atoms with Gasteiger partial charge in [0.2, 0.25) is 0 Å². The number of rotatable bonds is 6. The van der Waals surface area contributed by atoms with Crippen LogP contribution in [0.2, 0.25) is 5.02 Å². The van der Waals surface area contributed by atoms with Gasteiger partial charge in [-0.2, -0.15) is 5.26 Å². The highest BCUT2D eigenvalue weighted by Crippen LogP contribution is 2.35. The lowest BCUT2D eigenvalue weighted by molar-refractivity contribution is -0.124. The number of nitriles is 1. The summed E-state index contributed by atoms with van der Waals surface area (Å²) in [5, 5.41) is 18.4. The van der Waals surface area contributed by atoms with Gasteiger partial charge in [0, 0.05) is 14.1 Å². The topological polar surface area (TPSA) is 90.6 Å². The molecule has 0 aliphatic rings. The minimum atomic E-state index is -0.994. The van der Waals surface area contributed by atoms with Gasteiger partial charge in [0.05, 0.1) is 15.1 Å². The van der Waals surface area contributed by atoms with E-state index in [-0.39, 0.29) is 17.7 Å². The molecular formula is C20H16BrClN2O4. The number of carbonyl (C=O) groups excluding carboxylic acids is 1. The Hall–Kier alpha value is -2.82. The molecule has 8 heteroatoms. The molecule has 6 nitrogen and oxygen atoms in total. The highest BCUT2D eigenvalue weighted by molar-refractivity contribution is 9.10. The molecule has 0 saturated carbocycles. The SMILES string of the molecule is CN(C)C(=O)/C(C#N)=C\c1cc(Cl)c(OCc2ccc(C(=O)O)cc2)c(Br)c1. The minimum absolute atomic E-state index is 0.0137. The van der Waals surface area contributed by atoms with Crippen molar-refractivity contribution in [2.45, 2.75) is 6.61 Å². The summed E-state index contributed by atoms with van der Waals surface area (Å²) < 4.78 is 6.30. The number of halogens is 2. The first kappa shape index (κ1) is 21.5. The first-order valence-electron chi connectivity index (χ1n) is 8.00. The molecule has 0 saturated heterocycles. The van der Waals surface area contributed by atoms with Crippen LogP contribution in [0.15, 0.2) is 46.4 Å². The third kappa shape index (κ3) is 5.35. The van der Waals surface area contributed by atoms with Crippen molar-refractivity contribution in [3.8, 4) is 11.8 Å². The average molecular weight is 464 g/mol. The summed E-state index contributed by atoms with van der Waals surface area (Å²) in [4.78, 5) is 24.2. The molecule has 0 aliphatic carbocycles. The summed E-state index contributed by atoms with van der Waals surface area (Å²) in [6.07, 6.45) is 1.45. The number of carboxylic acids is 1. The van der Waals surface area contributed by atoms with Crippen LogP contribution in [0.3, 0.4) is 0 Å². The van der Waals surface area contributed by atoms with Crippen molar-refractivity contribution in [2.24, 2.45) is 0 Å². The number of carbonyl (C=O) groups is 2. The third-order valence-corrected chi connectivity index (χ3v) is 4.54. The Labute approximate surface area is 175 Å². The second-order valence-corrected chi connectivity index (χ2v) is 7.24. The molecule has 0 heterocycles. The number of benzene rings is 2. The van der Waals surface area contributed by atoms with E-state index in [0.29, 0.717) is 20.8 Å². The maximum absolute atomic E-state index is 12.0. The molecule has 0 aliphatic heterocycles. The number of hydrogen-bond donors (Lipinski definition) is 1. The lowest BCUT2D eigenvalue weighted by Crippen LogP contribution is -2.22. The predicted octanol–water partition coefficient (Wildman–Crippen LogP) is 4.37. The van der Waals surface area contributed by atoms with E-state index >= 15 is 0 Å². The molecule has 144 valence electrons. The number of carboxylic acid groups (broad SMARTS) is 1. The highest BCUT2D eigenvalue weighted by Gasteiger charge is 2.14. The Morgan fingerprint density at radius 2 is 1.93 bits per heavy atom. The van der Waals surface area contributed by atoms with Crippen LogP contribution >= 0.6 is 27.5 Å². The van der Waals surface area contributed by atoms with E-state index in [2.05, 4.69) is 15.9 Å². The van der Waals surface area contributed by atoms with Crippen LogP contribution in [0.25, 0.3) is 6.08 Å². The van der Waals surface area contributed by atoms with Crippen LogP contribution in [-0.4, -0.2) is 36.0 Å². The van der Waals surface area contributed by atoms with Crippen LogP contribution in [-0.2, 0) is 11.4 Å². The van der Waals surface area contributed by atoms with E-state index in [9.17, 15) is 14.9 Å². The van der Waals surface area contributed by atoms with Crippen LogP contribution in [0.1, 0.15) is 21.5 Å². The molecule has 1 N–H and O–H groups in total. The van der Waals surface area contributed by atoms with Crippen LogP contribution in [0, 0.1) is 11.3 Å². The minimum Gasteiger partial charge on any atom is -0.486 e. The molecule has 0 spiro atoms. The van der Waals surface area contributed by atoms with Gasteiger partial charge in [-0.25, -0.2) is 4.79 Å². The lowest BCUT2D eigenvalue weighted by atomic mass is 10.1. The van der Waals surface area contributed by atoms with Gasteiger partial charge in [-0.05, 0) is 57.4 Å². The summed E-state index contributed by atoms with van der Waals surface area (Å²) in [5.74, 6) is -0.996. The molecule has 28 heavy (non-hydrogen) atoms. The number of likely N-dealkylation sites (N-methyl/N-ethyl adjacent to an activating group) is 1. The second-order valence-electron chi connectivity index (χ2n) is 5.97. The molecule has 1 amide bonds. The van der Waals surface area contributed by atoms with Crippen molar-refractivity contribution in [1.29, 1.82) is 5.26 Å². The van der Waals surface area contributed by atoms with Gasteiger partial charge in [-0.3, -0.25) is 4.79 Å². The van der Waals surface area contributed by atoms with E-state index in [4.69, 9.17) is 21.4 Å². The highest BCUT2D eigenvalue weighted by atomic mass is 79.9. The molecule has 0 bridgehead atoms. The van der Waals surface area contributed by atoms with Gasteiger partial charge < -0.3 is 14.7 Å². The summed E-state index contributed by atoms with van der Waals surface area (Å²) in [5.41, 5.74) is 1.53. The summed E-state index contributed by atoms with van der Waals surface area (Å²) >= 11 is 9.68. The molecule has 2 aromatic carbocycles. The van der Waals surface area contributed by atoms with Crippen LogP contribution < -0.4 is 4.74 Å². The lowest BCUT2D eigenvalue weighted by Gasteiger charge is -2.12. The fourth-order valence-corrected chi connectivity index (χ4v) is 3.24. The van der Waals surface area contributed by atoms with Gasteiger partial charge >= 0.3 is 5.97 Å². The molecule has 2 rings (SSSR count). The van der Waals surface area contributed by atoms with Gasteiger partial charge in [0.15, 0.2) is 5.75 Å². The Bertz CT molecular complexity index is 956. The van der Waals surface area contributed by atoms with Crippen molar-refractivity contribution in [1.82, 2.24) is 4.90 Å². The zero-order valence-corrected chi connectivity index (χ0v) is 17.4. The van der Waals surface area contributed by atoms with Gasteiger partial charge in [0.25, 0.3) is 5.91 Å². The number of hydrogen-bond acceptors (Lipinski definition) is 4. The molecular weight excluding hydrogens is 448 g/mol. The molecule has 0 fully saturated rings. The molecule has 0 aromatic heterocycles. The quantitative estimate of drug-likeness (QED) is 0.507. The maximum atomic E-state index is 12.0. The van der Waals surface area contributed by atoms with Crippen molar-refractivity contribution in [2.75, 3.05) is 14.1 Å². The van der Waals surface area contributed by atoms with Gasteiger partial charge in [0.1, 0.15) is 18.2 Å². The Morgan fingerprint density at radius 3 is 2.43 bits per heavy atom. The smallest absolute Gasteiger partial charge is 0.335 e. The molecule has 2 aromatic rings. The Kier molecular flexibility index (Phi) is 7.21. The first-order valence-corrected chi connectivity index (χ1v) is 9.17. The van der Waals surface area contributed by atoms with Crippen molar-refractivity contribution in [3.05, 3.63) is 68.2 Å². The summed E-state index contributed by atoms with van der Waals surface area (Å²) in [6, 6.07) is 11.5. The van der Waals surface area contributed by atoms with E-state index < -0.39 is 11.9 Å². The van der Waals surface area contributed by atoms with E-state index in [1.165, 1.54) is 23.1 Å². The third-order valence-electron chi connectivity index (χ3n) is 3.67. The predicted molar refractivity (Wildman–Crippen MR) is 109 cm³/mol. The van der Waals surface area contributed by atoms with E-state index in [1.807, 2.05) is 6.07 Å². The molecule has 0 unspecified atom stereocenters. The molecule has 0 radical (unpaired) electrons. The number of amides is 1.